The Kier molecular flexibility index (Phi) is 3.73. The third-order valence-corrected chi connectivity index (χ3v) is 3.43. The molecule has 3 nitrogen and oxygen atoms in total. The Labute approximate surface area is 109 Å². The fourth-order valence-electron chi connectivity index (χ4n) is 2.67. The molecule has 2 aromatic rings. The third-order valence-electron chi connectivity index (χ3n) is 3.43. The number of fused-ring (bicyclic) bond motifs is 1. The minimum absolute atomic E-state index is 0.161. The van der Waals surface area contributed by atoms with Crippen LogP contribution in [0, 0.1) is 0 Å². The summed E-state index contributed by atoms with van der Waals surface area (Å²) >= 11 is 0. The maximum absolute atomic E-state index is 5.88. The van der Waals surface area contributed by atoms with Crippen molar-refractivity contribution in [1.29, 1.82) is 0 Å². The van der Waals surface area contributed by atoms with Crippen molar-refractivity contribution in [2.45, 2.75) is 32.4 Å². The number of aromatic nitrogens is 1. The molecule has 0 spiro atoms. The van der Waals surface area contributed by atoms with E-state index < -0.39 is 0 Å². The molecule has 0 saturated heterocycles. The van der Waals surface area contributed by atoms with Crippen molar-refractivity contribution in [3.63, 3.8) is 0 Å². The number of H-pyrrole nitrogens is 1. The lowest BCUT2D eigenvalue weighted by Crippen LogP contribution is -2.40. The van der Waals surface area contributed by atoms with E-state index in [9.17, 15) is 0 Å². The number of likely N-dealkylation sites (N-methyl/N-ethyl adjacent to an activating group) is 1. The molecule has 0 amide bonds. The van der Waals surface area contributed by atoms with E-state index in [0.29, 0.717) is 6.61 Å². The highest BCUT2D eigenvalue weighted by molar-refractivity contribution is 5.83. The van der Waals surface area contributed by atoms with Crippen molar-refractivity contribution in [3.05, 3.63) is 36.0 Å². The van der Waals surface area contributed by atoms with Gasteiger partial charge in [-0.3, -0.25) is 0 Å². The summed E-state index contributed by atoms with van der Waals surface area (Å²) in [6.07, 6.45) is 2.08. The first-order valence-electron chi connectivity index (χ1n) is 6.47. The summed E-state index contributed by atoms with van der Waals surface area (Å²) in [5, 5.41) is 4.63. The normalized spacial score (nSPS) is 14.0. The molecule has 0 aliphatic heterocycles. The Balaban J connectivity index is 2.44. The van der Waals surface area contributed by atoms with Gasteiger partial charge in [0, 0.05) is 23.7 Å². The van der Waals surface area contributed by atoms with E-state index in [2.05, 4.69) is 48.5 Å². The predicted molar refractivity (Wildman–Crippen MR) is 75.8 cm³/mol. The average molecular weight is 246 g/mol. The summed E-state index contributed by atoms with van der Waals surface area (Å²) in [5.41, 5.74) is 2.18. The van der Waals surface area contributed by atoms with E-state index in [1.54, 1.807) is 0 Å². The van der Waals surface area contributed by atoms with Gasteiger partial charge in [0.25, 0.3) is 0 Å². The molecule has 0 fully saturated rings. The van der Waals surface area contributed by atoms with E-state index in [1.807, 2.05) is 20.0 Å². The summed E-state index contributed by atoms with van der Waals surface area (Å²) in [6, 6.07) is 8.52. The van der Waals surface area contributed by atoms with Gasteiger partial charge in [0.15, 0.2) is 0 Å². The van der Waals surface area contributed by atoms with Gasteiger partial charge in [-0.15, -0.1) is 0 Å². The Bertz CT molecular complexity index is 516. The zero-order valence-corrected chi connectivity index (χ0v) is 11.6. The summed E-state index contributed by atoms with van der Waals surface area (Å²) in [6.45, 7) is 7.00. The molecule has 0 saturated carbocycles. The number of benzene rings is 1. The van der Waals surface area contributed by atoms with Gasteiger partial charge in [0.1, 0.15) is 0 Å². The van der Waals surface area contributed by atoms with Gasteiger partial charge < -0.3 is 15.0 Å². The molecule has 2 N–H and O–H groups in total. The van der Waals surface area contributed by atoms with Crippen LogP contribution in [0.25, 0.3) is 10.9 Å². The van der Waals surface area contributed by atoms with Crippen LogP contribution in [0.3, 0.4) is 0 Å². The number of rotatable bonds is 5. The zero-order chi connectivity index (χ0) is 13.2. The largest absolute Gasteiger partial charge is 0.374 e. The van der Waals surface area contributed by atoms with Crippen molar-refractivity contribution in [2.24, 2.45) is 0 Å². The molecule has 1 atom stereocenters. The SMILES string of the molecule is CCOC(C)(C)C(NC)c1c[nH]c2ccccc12. The van der Waals surface area contributed by atoms with Crippen molar-refractivity contribution >= 4 is 10.9 Å². The molecule has 0 bridgehead atoms. The number of hydrogen-bond acceptors (Lipinski definition) is 2. The van der Waals surface area contributed by atoms with E-state index in [-0.39, 0.29) is 11.6 Å². The molecule has 0 radical (unpaired) electrons. The Morgan fingerprint density at radius 3 is 2.72 bits per heavy atom. The lowest BCUT2D eigenvalue weighted by atomic mass is 9.91. The van der Waals surface area contributed by atoms with Crippen LogP contribution in [-0.4, -0.2) is 24.2 Å². The summed E-state index contributed by atoms with van der Waals surface area (Å²) in [4.78, 5) is 3.32. The predicted octanol–water partition coefficient (Wildman–Crippen LogP) is 3.24. The first-order valence-corrected chi connectivity index (χ1v) is 6.47. The van der Waals surface area contributed by atoms with Crippen LogP contribution in [0.2, 0.25) is 0 Å². The van der Waals surface area contributed by atoms with E-state index in [1.165, 1.54) is 16.5 Å². The molecule has 0 aliphatic rings. The molecule has 98 valence electrons. The smallest absolute Gasteiger partial charge is 0.0820 e. The quantitative estimate of drug-likeness (QED) is 0.849. The van der Waals surface area contributed by atoms with Gasteiger partial charge in [-0.25, -0.2) is 0 Å². The van der Waals surface area contributed by atoms with Gasteiger partial charge >= 0.3 is 0 Å². The highest BCUT2D eigenvalue weighted by Crippen LogP contribution is 2.33. The van der Waals surface area contributed by atoms with E-state index >= 15 is 0 Å². The second-order valence-corrected chi connectivity index (χ2v) is 5.05. The third kappa shape index (κ3) is 2.28. The van der Waals surface area contributed by atoms with Gasteiger partial charge in [0.05, 0.1) is 11.6 Å². The maximum Gasteiger partial charge on any atom is 0.0820 e. The molecule has 1 aromatic carbocycles. The topological polar surface area (TPSA) is 37.0 Å². The maximum atomic E-state index is 5.88. The molecule has 18 heavy (non-hydrogen) atoms. The molecule has 2 rings (SSSR count). The fourth-order valence-corrected chi connectivity index (χ4v) is 2.67. The van der Waals surface area contributed by atoms with Crippen LogP contribution in [0.4, 0.5) is 0 Å². The highest BCUT2D eigenvalue weighted by Gasteiger charge is 2.31. The van der Waals surface area contributed by atoms with Crippen LogP contribution in [-0.2, 0) is 4.74 Å². The second kappa shape index (κ2) is 5.12. The molecule has 3 heteroatoms. The van der Waals surface area contributed by atoms with Crippen molar-refractivity contribution in [3.8, 4) is 0 Å². The minimum Gasteiger partial charge on any atom is -0.374 e. The first-order chi connectivity index (χ1) is 8.60. The average Bonchev–Trinajstić information content (AvgIpc) is 2.74. The zero-order valence-electron chi connectivity index (χ0n) is 11.6. The molecule has 1 heterocycles. The van der Waals surface area contributed by atoms with E-state index in [0.717, 1.165) is 0 Å². The number of para-hydroxylation sites is 1. The van der Waals surface area contributed by atoms with Crippen molar-refractivity contribution in [2.75, 3.05) is 13.7 Å². The second-order valence-electron chi connectivity index (χ2n) is 5.05. The number of ether oxygens (including phenoxy) is 1. The van der Waals surface area contributed by atoms with Crippen molar-refractivity contribution < 1.29 is 4.74 Å². The number of nitrogens with one attached hydrogen (secondary N) is 2. The van der Waals surface area contributed by atoms with Crippen molar-refractivity contribution in [1.82, 2.24) is 10.3 Å². The summed E-state index contributed by atoms with van der Waals surface area (Å²) in [5.74, 6) is 0. The van der Waals surface area contributed by atoms with Crippen LogP contribution in [0.15, 0.2) is 30.5 Å². The Morgan fingerprint density at radius 2 is 2.06 bits per heavy atom. The monoisotopic (exact) mass is 246 g/mol. The minimum atomic E-state index is -0.242. The first kappa shape index (κ1) is 13.1. The molecule has 0 aliphatic carbocycles. The number of hydrogen-bond donors (Lipinski definition) is 2. The highest BCUT2D eigenvalue weighted by atomic mass is 16.5. The Morgan fingerprint density at radius 1 is 1.33 bits per heavy atom. The Hall–Kier alpha value is -1.32. The van der Waals surface area contributed by atoms with Gasteiger partial charge in [-0.05, 0) is 39.4 Å². The van der Waals surface area contributed by atoms with Crippen LogP contribution >= 0.6 is 0 Å². The van der Waals surface area contributed by atoms with Gasteiger partial charge in [-0.1, -0.05) is 18.2 Å². The summed E-state index contributed by atoms with van der Waals surface area (Å²) < 4.78 is 5.88. The van der Waals surface area contributed by atoms with Crippen LogP contribution in [0.5, 0.6) is 0 Å². The fraction of sp³-hybridized carbons (Fsp3) is 0.467. The molecule has 1 aromatic heterocycles. The number of aromatic amines is 1. The van der Waals surface area contributed by atoms with Gasteiger partial charge in [0.2, 0.25) is 0 Å². The molecular weight excluding hydrogens is 224 g/mol. The standard InChI is InChI=1S/C15H22N2O/c1-5-18-15(2,3)14(16-4)12-10-17-13-9-7-6-8-11(12)13/h6-10,14,16-17H,5H2,1-4H3. The van der Waals surface area contributed by atoms with E-state index in [4.69, 9.17) is 4.74 Å². The molecular formula is C15H22N2O. The molecule has 1 unspecified atom stereocenters. The van der Waals surface area contributed by atoms with Crippen LogP contribution < -0.4 is 5.32 Å². The lowest BCUT2D eigenvalue weighted by Gasteiger charge is -2.34. The lowest BCUT2D eigenvalue weighted by molar-refractivity contribution is -0.0371. The van der Waals surface area contributed by atoms with Gasteiger partial charge in [-0.2, -0.15) is 0 Å². The summed E-state index contributed by atoms with van der Waals surface area (Å²) in [7, 11) is 1.98. The van der Waals surface area contributed by atoms with Crippen LogP contribution in [0.1, 0.15) is 32.4 Å².